The van der Waals surface area contributed by atoms with Gasteiger partial charge in [-0.1, -0.05) is 290 Å². The molecule has 4 N–H and O–H groups in total. The van der Waals surface area contributed by atoms with Gasteiger partial charge in [0.05, 0.1) is 0 Å². The van der Waals surface area contributed by atoms with Crippen molar-refractivity contribution in [3.63, 3.8) is 0 Å². The van der Waals surface area contributed by atoms with E-state index in [1.54, 1.807) is 49.6 Å². The molecule has 0 unspecified atom stereocenters. The molecule has 0 aromatic heterocycles. The zero-order valence-corrected chi connectivity index (χ0v) is 67.9. The molecule has 2 nitrogen and oxygen atoms in total. The molecule has 0 amide bonds. The van der Waals surface area contributed by atoms with Crippen LogP contribution in [0.2, 0.25) is 0 Å². The fraction of sp³-hybridized carbons (Fsp3) is 0.467. The van der Waals surface area contributed by atoms with E-state index in [0.717, 1.165) is 56.3 Å². The molecular weight excluding hydrogens is 1450 g/mol. The molecule has 4 saturated carbocycles. The van der Waals surface area contributed by atoms with Gasteiger partial charge >= 0.3 is 55.4 Å². The first kappa shape index (κ1) is 81.4. The van der Waals surface area contributed by atoms with Gasteiger partial charge in [-0.2, -0.15) is 0 Å². The molecule has 98 heavy (non-hydrogen) atoms. The second kappa shape index (κ2) is 42.7. The van der Waals surface area contributed by atoms with Gasteiger partial charge in [-0.3, -0.25) is 0 Å². The first-order valence-electron chi connectivity index (χ1n) is 37.5. The van der Waals surface area contributed by atoms with Crippen molar-refractivity contribution in [3.05, 3.63) is 215 Å². The summed E-state index contributed by atoms with van der Waals surface area (Å²) in [7, 11) is 8.79. The van der Waals surface area contributed by atoms with Crippen molar-refractivity contribution < 1.29 is 36.4 Å². The predicted molar refractivity (Wildman–Crippen MR) is 431 cm³/mol. The molecule has 4 aliphatic carbocycles. The van der Waals surface area contributed by atoms with E-state index in [9.17, 15) is 0 Å². The average Bonchev–Trinajstić information content (AvgIpc) is 0.537. The van der Waals surface area contributed by atoms with Crippen molar-refractivity contribution in [2.45, 2.75) is 270 Å². The van der Waals surface area contributed by atoms with Crippen LogP contribution in [-0.2, 0) is 36.4 Å². The number of anilines is 2. The fourth-order valence-electron chi connectivity index (χ4n) is 15.7. The molecule has 12 rings (SSSR count). The topological polar surface area (TPSA) is 52.0 Å². The van der Waals surface area contributed by atoms with Crippen molar-refractivity contribution >= 4 is 56.9 Å². The third-order valence-corrected chi connectivity index (χ3v) is 28.0. The van der Waals surface area contributed by atoms with Gasteiger partial charge in [-0.05, 0) is 205 Å². The second-order valence-corrected chi connectivity index (χ2v) is 35.4. The Morgan fingerprint density at radius 2 is 0.663 bits per heavy atom. The SMILES string of the molecule is CC(C)c1cc(C(C)C)c(-c2cccc(P(C3CCCCC3)C3CCCCC3)c2)c(C(C)C)c1.CC(C)c1cc(C(C)C)c(-c2ccccc2P(C2CCCCC2)C2CCCCC2)c(C(C)C)c1.Nc1ccccc1-c1[c-]cccc1.Nc1ccccc1-c1[c-]cccc1.[Cl][Pd+].[Cl][Pd+]. The van der Waals surface area contributed by atoms with Crippen LogP contribution in [0.4, 0.5) is 11.4 Å². The molecular formula is C90H118Cl2N2P2Pd2. The van der Waals surface area contributed by atoms with Crippen LogP contribution < -0.4 is 22.1 Å². The summed E-state index contributed by atoms with van der Waals surface area (Å²) < 4.78 is 0. The monoisotopic (exact) mass is 1570 g/mol. The molecule has 0 heterocycles. The van der Waals surface area contributed by atoms with Gasteiger partial charge < -0.3 is 11.5 Å². The van der Waals surface area contributed by atoms with Gasteiger partial charge in [-0.15, -0.1) is 71.8 Å². The van der Waals surface area contributed by atoms with E-state index in [-0.39, 0.29) is 15.8 Å². The summed E-state index contributed by atoms with van der Waals surface area (Å²) in [5.74, 6) is 3.28. The Balaban J connectivity index is 0.000000196. The summed E-state index contributed by atoms with van der Waals surface area (Å²) in [4.78, 5) is 0. The van der Waals surface area contributed by atoms with Gasteiger partial charge in [0, 0.05) is 0 Å². The van der Waals surface area contributed by atoms with Crippen molar-refractivity contribution in [2.75, 3.05) is 11.5 Å². The molecule has 8 heteroatoms. The van der Waals surface area contributed by atoms with Gasteiger partial charge in [0.25, 0.3) is 0 Å². The number of nitrogens with two attached hydrogens (primary N) is 2. The average molecular weight is 1570 g/mol. The maximum atomic E-state index is 5.83. The van der Waals surface area contributed by atoms with E-state index < -0.39 is 0 Å². The quantitative estimate of drug-likeness (QED) is 0.0438. The van der Waals surface area contributed by atoms with Crippen LogP contribution in [0.3, 0.4) is 0 Å². The van der Waals surface area contributed by atoms with Crippen LogP contribution in [0.1, 0.15) is 280 Å². The summed E-state index contributed by atoms with van der Waals surface area (Å²) in [6.07, 6.45) is 29.3. The molecule has 0 spiro atoms. The maximum absolute atomic E-state index is 5.83. The van der Waals surface area contributed by atoms with E-state index >= 15 is 0 Å². The first-order chi connectivity index (χ1) is 47.5. The Bertz CT molecular complexity index is 3400. The molecule has 532 valence electrons. The van der Waals surface area contributed by atoms with Crippen molar-refractivity contribution in [2.24, 2.45) is 0 Å². The van der Waals surface area contributed by atoms with Crippen LogP contribution in [-0.4, -0.2) is 22.6 Å². The minimum absolute atomic E-state index is 0.0651. The van der Waals surface area contributed by atoms with Gasteiger partial charge in [-0.25, -0.2) is 0 Å². The summed E-state index contributed by atoms with van der Waals surface area (Å²) >= 11 is 4.44. The predicted octanol–water partition coefficient (Wildman–Crippen LogP) is 27.8. The summed E-state index contributed by atoms with van der Waals surface area (Å²) in [5.41, 5.74) is 36.7. The Hall–Kier alpha value is -3.88. The van der Waals surface area contributed by atoms with Crippen LogP contribution in [0.15, 0.2) is 170 Å². The zero-order valence-electron chi connectivity index (χ0n) is 61.5. The normalized spacial score (nSPS) is 15.6. The third kappa shape index (κ3) is 22.8. The number of para-hydroxylation sites is 2. The second-order valence-electron chi connectivity index (χ2n) is 29.9. The summed E-state index contributed by atoms with van der Waals surface area (Å²) in [5, 5.41) is 3.46. The Morgan fingerprint density at radius 1 is 0.337 bits per heavy atom. The molecule has 8 aromatic rings. The summed E-state index contributed by atoms with van der Waals surface area (Å²) in [6, 6.07) is 67.5. The fourth-order valence-corrected chi connectivity index (χ4v) is 23.5. The molecule has 0 aliphatic heterocycles. The molecule has 8 aromatic carbocycles. The van der Waals surface area contributed by atoms with E-state index in [1.165, 1.54) is 145 Å². The number of hydrogen-bond acceptors (Lipinski definition) is 2. The van der Waals surface area contributed by atoms with Crippen LogP contribution in [0, 0.1) is 12.1 Å². The number of hydrogen-bond donors (Lipinski definition) is 2. The summed E-state index contributed by atoms with van der Waals surface area (Å²) in [6.45, 7) is 28.5. The standard InChI is InChI=1S/2C33H49P.2C12H10N.2ClH.2Pd/c1-23(2)27-21-31(24(3)4)33(32(22-27)25(5)6)26-14-13-19-30(20-26)34(28-15-9-7-10-16-28)29-17-11-8-12-18-29;1-23(2)26-21-30(24(3)4)33(31(22-26)25(5)6)29-19-13-14-20-32(29)34(27-15-9-7-10-16-27)28-17-11-8-12-18-28;2*13-12-9-5-4-8-11(12)10-6-2-1-3-7-10;;;;/h13-14,19-25,28-29H,7-12,15-18H2,1-6H3;13-14,19-25,27-28H,7-12,15-18H2,1-6H3;2*1-6,8-9H,13H2;2*1H;;/q;;2*-1;;;2*+2/p-2. The van der Waals surface area contributed by atoms with Crippen LogP contribution in [0.5, 0.6) is 0 Å². The van der Waals surface area contributed by atoms with E-state index in [0.29, 0.717) is 35.5 Å². The Kier molecular flexibility index (Phi) is 35.4. The third-order valence-electron chi connectivity index (χ3n) is 20.9. The number of rotatable bonds is 16. The van der Waals surface area contributed by atoms with Crippen molar-refractivity contribution in [1.29, 1.82) is 0 Å². The van der Waals surface area contributed by atoms with E-state index in [2.05, 4.69) is 223 Å². The molecule has 0 atom stereocenters. The van der Waals surface area contributed by atoms with E-state index in [4.69, 9.17) is 11.5 Å². The van der Waals surface area contributed by atoms with Crippen molar-refractivity contribution in [3.8, 4) is 44.5 Å². The number of benzene rings is 8. The van der Waals surface area contributed by atoms with Crippen LogP contribution >= 0.6 is 34.9 Å². The first-order valence-corrected chi connectivity index (χ1v) is 44.5. The number of nitrogen functional groups attached to an aromatic ring is 2. The van der Waals surface area contributed by atoms with Crippen LogP contribution in [0.25, 0.3) is 44.5 Å². The molecule has 0 bridgehead atoms. The number of halogens is 2. The molecule has 0 saturated heterocycles. The van der Waals surface area contributed by atoms with Crippen molar-refractivity contribution in [1.82, 2.24) is 0 Å². The molecule has 4 aliphatic rings. The van der Waals surface area contributed by atoms with Gasteiger partial charge in [0.2, 0.25) is 0 Å². The Morgan fingerprint density at radius 3 is 1.00 bits per heavy atom. The van der Waals surface area contributed by atoms with E-state index in [1.807, 2.05) is 97.1 Å². The minimum atomic E-state index is -0.120. The zero-order chi connectivity index (χ0) is 70.7. The molecule has 4 fully saturated rings. The van der Waals surface area contributed by atoms with Gasteiger partial charge in [0.15, 0.2) is 0 Å². The molecule has 0 radical (unpaired) electrons. The van der Waals surface area contributed by atoms with Gasteiger partial charge in [0.1, 0.15) is 0 Å². The Labute approximate surface area is 628 Å².